The number of rotatable bonds is 7. The predicted molar refractivity (Wildman–Crippen MR) is 108 cm³/mol. The van der Waals surface area contributed by atoms with Gasteiger partial charge in [-0.1, -0.05) is 6.92 Å². The molecule has 0 saturated heterocycles. The van der Waals surface area contributed by atoms with Crippen molar-refractivity contribution in [3.05, 3.63) is 42.1 Å². The van der Waals surface area contributed by atoms with E-state index in [1.807, 2.05) is 0 Å². The molecule has 1 atom stereocenters. The highest BCUT2D eigenvalue weighted by Crippen LogP contribution is 2.52. The SMILES string of the molecule is CCS(=O)(=O)c1ccc(N2c3ccc(C(N)=O)cc3NC2(CCOC)C(F)(F)F)nc1. The Morgan fingerprint density at radius 1 is 1.29 bits per heavy atom. The van der Waals surface area contributed by atoms with Crippen LogP contribution in [0.15, 0.2) is 41.4 Å². The molecule has 2 aromatic rings. The van der Waals surface area contributed by atoms with Gasteiger partial charge in [0.15, 0.2) is 9.84 Å². The molecule has 3 N–H and O–H groups in total. The van der Waals surface area contributed by atoms with E-state index in [0.29, 0.717) is 0 Å². The number of nitrogens with one attached hydrogen (secondary N) is 1. The van der Waals surface area contributed by atoms with Gasteiger partial charge in [0, 0.05) is 25.3 Å². The quantitative estimate of drug-likeness (QED) is 0.656. The number of ether oxygens (including phenoxy) is 1. The lowest BCUT2D eigenvalue weighted by atomic mass is 10.0. The molecule has 0 aliphatic carbocycles. The number of hydrogen-bond donors (Lipinski definition) is 2. The summed E-state index contributed by atoms with van der Waals surface area (Å²) < 4.78 is 72.4. The van der Waals surface area contributed by atoms with E-state index in [1.165, 1.54) is 44.4 Å². The minimum atomic E-state index is -4.80. The molecule has 1 unspecified atom stereocenters. The first-order valence-corrected chi connectivity index (χ1v) is 10.9. The Balaban J connectivity index is 2.20. The summed E-state index contributed by atoms with van der Waals surface area (Å²) >= 11 is 0. The van der Waals surface area contributed by atoms with Gasteiger partial charge in [0.2, 0.25) is 11.6 Å². The summed E-state index contributed by atoms with van der Waals surface area (Å²) in [6.45, 7) is 1.22. The summed E-state index contributed by atoms with van der Waals surface area (Å²) in [5.41, 5.74) is 2.81. The zero-order valence-corrected chi connectivity index (χ0v) is 17.5. The number of methoxy groups -OCH3 is 1. The lowest BCUT2D eigenvalue weighted by molar-refractivity contribution is -0.179. The van der Waals surface area contributed by atoms with Crippen LogP contribution >= 0.6 is 0 Å². The lowest BCUT2D eigenvalue weighted by Crippen LogP contribution is -2.60. The van der Waals surface area contributed by atoms with E-state index in [9.17, 15) is 26.4 Å². The van der Waals surface area contributed by atoms with E-state index >= 15 is 0 Å². The van der Waals surface area contributed by atoms with Gasteiger partial charge in [0.05, 0.1) is 28.6 Å². The van der Waals surface area contributed by atoms with Crippen LogP contribution in [-0.4, -0.2) is 50.6 Å². The third kappa shape index (κ3) is 3.92. The number of amides is 1. The van der Waals surface area contributed by atoms with Crippen molar-refractivity contribution in [3.63, 3.8) is 0 Å². The Hall–Kier alpha value is -2.86. The highest BCUT2D eigenvalue weighted by molar-refractivity contribution is 7.91. The summed E-state index contributed by atoms with van der Waals surface area (Å²) in [6.07, 6.45) is -4.28. The topological polar surface area (TPSA) is 115 Å². The Kier molecular flexibility index (Phi) is 5.89. The Bertz CT molecular complexity index is 1090. The van der Waals surface area contributed by atoms with E-state index in [-0.39, 0.29) is 40.0 Å². The number of aromatic nitrogens is 1. The van der Waals surface area contributed by atoms with Crippen molar-refractivity contribution in [1.82, 2.24) is 4.98 Å². The third-order valence-electron chi connectivity index (χ3n) is 5.07. The standard InChI is InChI=1S/C19H21F3N4O4S/c1-3-31(28,29)13-5-7-16(24-11-13)26-15-6-4-12(17(23)27)10-14(15)25-18(26,8-9-30-2)19(20,21)22/h4-7,10-11,25H,3,8-9H2,1-2H3,(H2,23,27). The second-order valence-electron chi connectivity index (χ2n) is 6.91. The van der Waals surface area contributed by atoms with Crippen LogP contribution in [-0.2, 0) is 14.6 Å². The number of halogens is 3. The van der Waals surface area contributed by atoms with Crippen molar-refractivity contribution >= 4 is 32.9 Å². The fourth-order valence-electron chi connectivity index (χ4n) is 3.41. The number of hydrogen-bond acceptors (Lipinski definition) is 7. The Labute approximate surface area is 177 Å². The summed E-state index contributed by atoms with van der Waals surface area (Å²) in [4.78, 5) is 16.4. The predicted octanol–water partition coefficient (Wildman–Crippen LogP) is 2.83. The molecule has 8 nitrogen and oxygen atoms in total. The number of fused-ring (bicyclic) bond motifs is 1. The van der Waals surface area contributed by atoms with Crippen LogP contribution in [0.2, 0.25) is 0 Å². The van der Waals surface area contributed by atoms with Crippen LogP contribution in [0.4, 0.5) is 30.4 Å². The smallest absolute Gasteiger partial charge is 0.385 e. The van der Waals surface area contributed by atoms with E-state index < -0.39 is 34.0 Å². The van der Waals surface area contributed by atoms with E-state index in [0.717, 1.165) is 11.1 Å². The maximum Gasteiger partial charge on any atom is 0.430 e. The van der Waals surface area contributed by atoms with Gasteiger partial charge < -0.3 is 15.8 Å². The number of nitrogens with two attached hydrogens (primary N) is 1. The number of nitrogens with zero attached hydrogens (tertiary/aromatic N) is 2. The van der Waals surface area contributed by atoms with E-state index in [1.54, 1.807) is 0 Å². The molecular weight excluding hydrogens is 437 g/mol. The fraction of sp³-hybridized carbons (Fsp3) is 0.368. The second kappa shape index (κ2) is 8.00. The van der Waals surface area contributed by atoms with Gasteiger partial charge in [-0.2, -0.15) is 13.2 Å². The summed E-state index contributed by atoms with van der Waals surface area (Å²) in [6, 6.07) is 6.32. The number of anilines is 3. The summed E-state index contributed by atoms with van der Waals surface area (Å²) in [5, 5.41) is 2.48. The van der Waals surface area contributed by atoms with Crippen molar-refractivity contribution in [2.75, 3.05) is 29.7 Å². The molecule has 0 saturated carbocycles. The average molecular weight is 458 g/mol. The molecule has 31 heavy (non-hydrogen) atoms. The molecule has 1 amide bonds. The first-order valence-electron chi connectivity index (χ1n) is 9.23. The molecule has 0 spiro atoms. The molecule has 0 bridgehead atoms. The molecule has 0 fully saturated rings. The van der Waals surface area contributed by atoms with Gasteiger partial charge in [-0.25, -0.2) is 13.4 Å². The van der Waals surface area contributed by atoms with Crippen LogP contribution in [0, 0.1) is 0 Å². The van der Waals surface area contributed by atoms with Gasteiger partial charge in [0.25, 0.3) is 0 Å². The monoisotopic (exact) mass is 458 g/mol. The minimum absolute atomic E-state index is 0.0354. The molecular formula is C19H21F3N4O4S. The number of sulfone groups is 1. The van der Waals surface area contributed by atoms with Gasteiger partial charge in [0.1, 0.15) is 5.82 Å². The molecule has 2 heterocycles. The largest absolute Gasteiger partial charge is 0.430 e. The van der Waals surface area contributed by atoms with Gasteiger partial charge in [-0.15, -0.1) is 0 Å². The zero-order valence-electron chi connectivity index (χ0n) is 16.7. The zero-order chi connectivity index (χ0) is 23.0. The maximum atomic E-state index is 14.4. The Morgan fingerprint density at radius 3 is 2.52 bits per heavy atom. The van der Waals surface area contributed by atoms with Gasteiger partial charge in [-0.05, 0) is 30.3 Å². The number of benzene rings is 1. The van der Waals surface area contributed by atoms with E-state index in [2.05, 4.69) is 10.3 Å². The van der Waals surface area contributed by atoms with Crippen LogP contribution < -0.4 is 16.0 Å². The Morgan fingerprint density at radius 2 is 2.00 bits per heavy atom. The maximum absolute atomic E-state index is 14.4. The third-order valence-corrected chi connectivity index (χ3v) is 6.79. The summed E-state index contributed by atoms with van der Waals surface area (Å²) in [5.74, 6) is -1.08. The molecule has 3 rings (SSSR count). The average Bonchev–Trinajstić information content (AvgIpc) is 3.06. The summed E-state index contributed by atoms with van der Waals surface area (Å²) in [7, 11) is -2.29. The molecule has 168 valence electrons. The number of alkyl halides is 3. The first kappa shape index (κ1) is 22.8. The number of pyridine rings is 1. The molecule has 1 aromatic carbocycles. The van der Waals surface area contributed by atoms with Crippen LogP contribution in [0.25, 0.3) is 0 Å². The van der Waals surface area contributed by atoms with Crippen molar-refractivity contribution in [3.8, 4) is 0 Å². The number of carbonyl (C=O) groups excluding carboxylic acids is 1. The van der Waals surface area contributed by atoms with Gasteiger partial charge in [-0.3, -0.25) is 9.69 Å². The molecule has 1 aliphatic heterocycles. The van der Waals surface area contributed by atoms with Crippen LogP contribution in [0.3, 0.4) is 0 Å². The van der Waals surface area contributed by atoms with Crippen molar-refractivity contribution in [1.29, 1.82) is 0 Å². The highest BCUT2D eigenvalue weighted by Gasteiger charge is 2.63. The normalized spacial score (nSPS) is 18.5. The van der Waals surface area contributed by atoms with Crippen molar-refractivity contribution < 1.29 is 31.1 Å². The molecule has 0 radical (unpaired) electrons. The van der Waals surface area contributed by atoms with Crippen LogP contribution in [0.1, 0.15) is 23.7 Å². The van der Waals surface area contributed by atoms with Crippen molar-refractivity contribution in [2.24, 2.45) is 5.73 Å². The minimum Gasteiger partial charge on any atom is -0.385 e. The second-order valence-corrected chi connectivity index (χ2v) is 9.19. The number of carbonyl (C=O) groups is 1. The molecule has 12 heteroatoms. The molecule has 1 aromatic heterocycles. The fourth-order valence-corrected chi connectivity index (χ4v) is 4.23. The van der Waals surface area contributed by atoms with Gasteiger partial charge >= 0.3 is 6.18 Å². The lowest BCUT2D eigenvalue weighted by Gasteiger charge is -2.40. The highest BCUT2D eigenvalue weighted by atomic mass is 32.2. The van der Waals surface area contributed by atoms with Crippen molar-refractivity contribution in [2.45, 2.75) is 30.1 Å². The first-order chi connectivity index (χ1) is 14.5. The van der Waals surface area contributed by atoms with E-state index in [4.69, 9.17) is 10.5 Å². The number of primary amides is 1. The molecule has 1 aliphatic rings. The van der Waals surface area contributed by atoms with Crippen LogP contribution in [0.5, 0.6) is 0 Å².